The van der Waals surface area contributed by atoms with Crippen LogP contribution in [0.15, 0.2) is 72.8 Å². The quantitative estimate of drug-likeness (QED) is 0.722. The summed E-state index contributed by atoms with van der Waals surface area (Å²) in [6.45, 7) is 1.64. The molecule has 106 valence electrons. The molecule has 0 saturated carbocycles. The van der Waals surface area contributed by atoms with Crippen molar-refractivity contribution in [2.45, 2.75) is 19.3 Å². The first-order valence-electron chi connectivity index (χ1n) is 7.12. The van der Waals surface area contributed by atoms with Gasteiger partial charge in [-0.05, 0) is 28.8 Å². The van der Waals surface area contributed by atoms with Gasteiger partial charge in [0.2, 0.25) is 0 Å². The molecule has 21 heavy (non-hydrogen) atoms. The van der Waals surface area contributed by atoms with Gasteiger partial charge in [0.25, 0.3) is 0 Å². The van der Waals surface area contributed by atoms with Crippen molar-refractivity contribution in [2.75, 3.05) is 0 Å². The molecule has 0 saturated heterocycles. The topological polar surface area (TPSA) is 29.5 Å². The third-order valence-electron chi connectivity index (χ3n) is 3.54. The summed E-state index contributed by atoms with van der Waals surface area (Å²) in [5.41, 5.74) is 2.11. The van der Waals surface area contributed by atoms with Crippen LogP contribution in [0.5, 0.6) is 0 Å². The van der Waals surface area contributed by atoms with E-state index in [2.05, 4.69) is 24.3 Å². The predicted molar refractivity (Wildman–Crippen MR) is 85.0 cm³/mol. The van der Waals surface area contributed by atoms with Gasteiger partial charge in [-0.1, -0.05) is 72.8 Å². The largest absolute Gasteiger partial charge is 0.368 e. The smallest absolute Gasteiger partial charge is 0.153 e. The van der Waals surface area contributed by atoms with Gasteiger partial charge in [0, 0.05) is 0 Å². The lowest BCUT2D eigenvalue weighted by Crippen LogP contribution is -2.14. The van der Waals surface area contributed by atoms with Gasteiger partial charge in [0.1, 0.15) is 6.10 Å². The average Bonchev–Trinajstić information content (AvgIpc) is 2.53. The van der Waals surface area contributed by atoms with Gasteiger partial charge >= 0.3 is 0 Å². The zero-order chi connectivity index (χ0) is 14.7. The molecule has 0 radical (unpaired) electrons. The number of hydrogen-bond donors (Lipinski definition) is 1. The van der Waals surface area contributed by atoms with Crippen molar-refractivity contribution in [3.05, 3.63) is 83.9 Å². The molecule has 0 heterocycles. The first kappa shape index (κ1) is 13.8. The van der Waals surface area contributed by atoms with E-state index in [1.807, 2.05) is 48.5 Å². The molecule has 2 atom stereocenters. The van der Waals surface area contributed by atoms with Crippen molar-refractivity contribution in [3.8, 4) is 0 Å². The number of rotatable bonds is 4. The van der Waals surface area contributed by atoms with Crippen LogP contribution in [0.4, 0.5) is 0 Å². The van der Waals surface area contributed by atoms with Crippen molar-refractivity contribution < 1.29 is 9.84 Å². The Morgan fingerprint density at radius 3 is 2.24 bits per heavy atom. The van der Waals surface area contributed by atoms with Gasteiger partial charge < -0.3 is 9.84 Å². The summed E-state index contributed by atoms with van der Waals surface area (Å²) in [5.74, 6) is 0. The molecule has 3 aromatic carbocycles. The van der Waals surface area contributed by atoms with Gasteiger partial charge in [-0.3, -0.25) is 0 Å². The fourth-order valence-corrected chi connectivity index (χ4v) is 2.64. The standard InChI is InChI=1S/C19H18O2/c1-14(20)21-19(16-9-3-2-4-10-16)18-13-7-11-15-8-5-6-12-17(15)18/h2-14,19-20H,1H3. The second kappa shape index (κ2) is 6.08. The van der Waals surface area contributed by atoms with E-state index in [-0.39, 0.29) is 6.10 Å². The molecule has 3 aromatic rings. The summed E-state index contributed by atoms with van der Waals surface area (Å²) < 4.78 is 5.79. The van der Waals surface area contributed by atoms with Gasteiger partial charge in [0.15, 0.2) is 6.29 Å². The highest BCUT2D eigenvalue weighted by molar-refractivity contribution is 5.86. The summed E-state index contributed by atoms with van der Waals surface area (Å²) >= 11 is 0. The highest BCUT2D eigenvalue weighted by atomic mass is 16.6. The molecule has 1 N–H and O–H groups in total. The fraction of sp³-hybridized carbons (Fsp3) is 0.158. The molecule has 0 aliphatic rings. The molecular weight excluding hydrogens is 260 g/mol. The minimum absolute atomic E-state index is 0.280. The van der Waals surface area contributed by atoms with Gasteiger partial charge in [-0.15, -0.1) is 0 Å². The number of fused-ring (bicyclic) bond motifs is 1. The second-order valence-corrected chi connectivity index (χ2v) is 5.09. The molecule has 0 aromatic heterocycles. The number of benzene rings is 3. The fourth-order valence-electron chi connectivity index (χ4n) is 2.64. The van der Waals surface area contributed by atoms with Gasteiger partial charge in [0.05, 0.1) is 0 Å². The molecule has 0 bridgehead atoms. The third kappa shape index (κ3) is 2.97. The molecule has 0 amide bonds. The number of aliphatic hydroxyl groups is 1. The van der Waals surface area contributed by atoms with Crippen LogP contribution >= 0.6 is 0 Å². The van der Waals surface area contributed by atoms with E-state index < -0.39 is 6.29 Å². The Hall–Kier alpha value is -2.16. The molecule has 0 aliphatic heterocycles. The Morgan fingerprint density at radius 2 is 1.48 bits per heavy atom. The third-order valence-corrected chi connectivity index (χ3v) is 3.54. The van der Waals surface area contributed by atoms with E-state index in [1.54, 1.807) is 6.92 Å². The van der Waals surface area contributed by atoms with Crippen molar-refractivity contribution in [3.63, 3.8) is 0 Å². The number of aliphatic hydroxyl groups excluding tert-OH is 1. The monoisotopic (exact) mass is 278 g/mol. The molecule has 0 fully saturated rings. The zero-order valence-electron chi connectivity index (χ0n) is 11.9. The minimum atomic E-state index is -0.825. The van der Waals surface area contributed by atoms with Crippen LogP contribution in [-0.4, -0.2) is 11.4 Å². The zero-order valence-corrected chi connectivity index (χ0v) is 11.9. The number of hydrogen-bond acceptors (Lipinski definition) is 2. The van der Waals surface area contributed by atoms with Crippen LogP contribution in [0.1, 0.15) is 24.2 Å². The lowest BCUT2D eigenvalue weighted by molar-refractivity contribution is -0.112. The summed E-state index contributed by atoms with van der Waals surface area (Å²) in [5, 5.41) is 12.0. The summed E-state index contributed by atoms with van der Waals surface area (Å²) in [6.07, 6.45) is -1.11. The van der Waals surface area contributed by atoms with E-state index >= 15 is 0 Å². The van der Waals surface area contributed by atoms with Crippen molar-refractivity contribution >= 4 is 10.8 Å². The average molecular weight is 278 g/mol. The Labute approximate surface area is 124 Å². The first-order valence-corrected chi connectivity index (χ1v) is 7.12. The second-order valence-electron chi connectivity index (χ2n) is 5.09. The van der Waals surface area contributed by atoms with Gasteiger partial charge in [-0.25, -0.2) is 0 Å². The number of ether oxygens (including phenoxy) is 1. The summed E-state index contributed by atoms with van der Waals surface area (Å²) in [7, 11) is 0. The highest BCUT2D eigenvalue weighted by Crippen LogP contribution is 2.32. The van der Waals surface area contributed by atoms with Crippen molar-refractivity contribution in [2.24, 2.45) is 0 Å². The van der Waals surface area contributed by atoms with Crippen LogP contribution < -0.4 is 0 Å². The Morgan fingerprint density at radius 1 is 0.810 bits per heavy atom. The maximum Gasteiger partial charge on any atom is 0.153 e. The van der Waals surface area contributed by atoms with E-state index in [0.29, 0.717) is 0 Å². The Bertz CT molecular complexity index is 714. The van der Waals surface area contributed by atoms with Crippen molar-refractivity contribution in [1.82, 2.24) is 0 Å². The molecule has 0 spiro atoms. The van der Waals surface area contributed by atoms with Crippen LogP contribution in [-0.2, 0) is 4.74 Å². The maximum absolute atomic E-state index is 9.70. The Kier molecular flexibility index (Phi) is 4.00. The van der Waals surface area contributed by atoms with E-state index in [4.69, 9.17) is 4.74 Å². The SMILES string of the molecule is CC(O)OC(c1ccccc1)c1cccc2ccccc12. The molecule has 0 aliphatic carbocycles. The van der Waals surface area contributed by atoms with E-state index in [0.717, 1.165) is 16.5 Å². The van der Waals surface area contributed by atoms with Crippen molar-refractivity contribution in [1.29, 1.82) is 0 Å². The maximum atomic E-state index is 9.70. The summed E-state index contributed by atoms with van der Waals surface area (Å²) in [4.78, 5) is 0. The van der Waals surface area contributed by atoms with E-state index in [9.17, 15) is 5.11 Å². The van der Waals surface area contributed by atoms with Crippen LogP contribution in [0, 0.1) is 0 Å². The minimum Gasteiger partial charge on any atom is -0.368 e. The highest BCUT2D eigenvalue weighted by Gasteiger charge is 2.18. The molecule has 3 rings (SSSR count). The van der Waals surface area contributed by atoms with Crippen LogP contribution in [0.3, 0.4) is 0 Å². The molecule has 2 unspecified atom stereocenters. The lowest BCUT2D eigenvalue weighted by atomic mass is 9.96. The van der Waals surface area contributed by atoms with Crippen LogP contribution in [0.2, 0.25) is 0 Å². The normalized spacial score (nSPS) is 14.0. The van der Waals surface area contributed by atoms with Crippen LogP contribution in [0.25, 0.3) is 10.8 Å². The van der Waals surface area contributed by atoms with E-state index in [1.165, 1.54) is 5.39 Å². The first-order chi connectivity index (χ1) is 10.3. The summed E-state index contributed by atoms with van der Waals surface area (Å²) in [6, 6.07) is 24.4. The molecule has 2 heteroatoms. The van der Waals surface area contributed by atoms with Gasteiger partial charge in [-0.2, -0.15) is 0 Å². The lowest BCUT2D eigenvalue weighted by Gasteiger charge is -2.22. The molecular formula is C19H18O2. The Balaban J connectivity index is 2.15. The predicted octanol–water partition coefficient (Wildman–Crippen LogP) is 4.28. The molecule has 2 nitrogen and oxygen atoms in total.